The quantitative estimate of drug-likeness (QED) is 0.413. The van der Waals surface area contributed by atoms with Crippen molar-refractivity contribution >= 4 is 23.5 Å². The number of hydrogen-bond donors (Lipinski definition) is 4. The van der Waals surface area contributed by atoms with Crippen molar-refractivity contribution in [2.24, 2.45) is 0 Å². The summed E-state index contributed by atoms with van der Waals surface area (Å²) >= 11 is 0. The molecule has 0 saturated carbocycles. The summed E-state index contributed by atoms with van der Waals surface area (Å²) in [6, 6.07) is 6.33. The first-order chi connectivity index (χ1) is 9.49. The van der Waals surface area contributed by atoms with Crippen molar-refractivity contribution in [3.8, 4) is 0 Å². The monoisotopic (exact) mass is 279 g/mol. The van der Waals surface area contributed by atoms with Gasteiger partial charge in [-0.25, -0.2) is 0 Å². The van der Waals surface area contributed by atoms with Gasteiger partial charge in [-0.15, -0.1) is 0 Å². The molecule has 0 atom stereocenters. The van der Waals surface area contributed by atoms with Gasteiger partial charge in [-0.3, -0.25) is 14.4 Å². The summed E-state index contributed by atoms with van der Waals surface area (Å²) in [4.78, 5) is 33.3. The Morgan fingerprint density at radius 2 is 1.75 bits per heavy atom. The Hall–Kier alpha value is -2.57. The summed E-state index contributed by atoms with van der Waals surface area (Å²) in [6.07, 6.45) is 0.352. The number of amides is 2. The number of benzene rings is 1. The summed E-state index contributed by atoms with van der Waals surface area (Å²) in [6.45, 7) is 0.110. The predicted octanol–water partition coefficient (Wildman–Crippen LogP) is -0.0204. The first-order valence-electron chi connectivity index (χ1n) is 6.11. The first-order valence-corrected chi connectivity index (χ1v) is 6.11. The number of nitrogen functional groups attached to an aromatic ring is 1. The maximum Gasteiger partial charge on any atom is 0.303 e. The zero-order chi connectivity index (χ0) is 15.0. The van der Waals surface area contributed by atoms with E-state index in [-0.39, 0.29) is 31.3 Å². The molecule has 0 aliphatic rings. The lowest BCUT2D eigenvalue weighted by molar-refractivity contribution is -0.137. The van der Waals surface area contributed by atoms with Gasteiger partial charge in [0, 0.05) is 24.2 Å². The maximum atomic E-state index is 11.7. The zero-order valence-corrected chi connectivity index (χ0v) is 10.9. The van der Waals surface area contributed by atoms with Gasteiger partial charge in [0.1, 0.15) is 0 Å². The number of carbonyl (C=O) groups is 3. The van der Waals surface area contributed by atoms with Crippen molar-refractivity contribution in [3.05, 3.63) is 29.8 Å². The number of rotatable bonds is 7. The summed E-state index contributed by atoms with van der Waals surface area (Å²) in [5, 5.41) is 13.4. The lowest BCUT2D eigenvalue weighted by Crippen LogP contribution is -2.37. The van der Waals surface area contributed by atoms with Crippen molar-refractivity contribution in [1.29, 1.82) is 0 Å². The molecule has 1 rings (SSSR count). The number of carbonyl (C=O) groups excluding carboxylic acids is 2. The third kappa shape index (κ3) is 5.85. The van der Waals surface area contributed by atoms with Crippen LogP contribution in [0.15, 0.2) is 24.3 Å². The number of carboxylic acid groups (broad SMARTS) is 1. The van der Waals surface area contributed by atoms with Crippen molar-refractivity contribution in [1.82, 2.24) is 10.6 Å². The van der Waals surface area contributed by atoms with Crippen LogP contribution in [0.2, 0.25) is 0 Å². The fraction of sp³-hybridized carbons (Fsp3) is 0.308. The minimum absolute atomic E-state index is 0.00191. The molecule has 0 saturated heterocycles. The maximum absolute atomic E-state index is 11.7. The Bertz CT molecular complexity index is 485. The number of hydrogen-bond acceptors (Lipinski definition) is 4. The Balaban J connectivity index is 2.25. The van der Waals surface area contributed by atoms with E-state index < -0.39 is 5.97 Å². The summed E-state index contributed by atoms with van der Waals surface area (Å²) in [5.74, 6) is -1.64. The SMILES string of the molecule is Nc1ccc(C(=O)NCC(=O)NCCCC(=O)O)cc1. The Kier molecular flexibility index (Phi) is 6.02. The summed E-state index contributed by atoms with van der Waals surface area (Å²) < 4.78 is 0. The van der Waals surface area contributed by atoms with E-state index in [1.807, 2.05) is 0 Å². The van der Waals surface area contributed by atoms with Gasteiger partial charge in [-0.05, 0) is 30.7 Å². The molecule has 0 bridgehead atoms. The van der Waals surface area contributed by atoms with E-state index in [2.05, 4.69) is 10.6 Å². The van der Waals surface area contributed by atoms with Gasteiger partial charge in [0.15, 0.2) is 0 Å². The van der Waals surface area contributed by atoms with Gasteiger partial charge in [0.2, 0.25) is 5.91 Å². The smallest absolute Gasteiger partial charge is 0.303 e. The third-order valence-electron chi connectivity index (χ3n) is 2.47. The molecule has 20 heavy (non-hydrogen) atoms. The van der Waals surface area contributed by atoms with Crippen LogP contribution in [0, 0.1) is 0 Å². The van der Waals surface area contributed by atoms with Crippen molar-refractivity contribution in [2.75, 3.05) is 18.8 Å². The van der Waals surface area contributed by atoms with E-state index >= 15 is 0 Å². The second-order valence-corrected chi connectivity index (χ2v) is 4.15. The van der Waals surface area contributed by atoms with E-state index in [0.29, 0.717) is 17.7 Å². The van der Waals surface area contributed by atoms with Gasteiger partial charge in [0.25, 0.3) is 5.91 Å². The van der Waals surface area contributed by atoms with Crippen molar-refractivity contribution in [3.63, 3.8) is 0 Å². The molecule has 0 aliphatic heterocycles. The molecule has 0 fully saturated rings. The molecule has 0 heterocycles. The van der Waals surface area contributed by atoms with Crippen LogP contribution < -0.4 is 16.4 Å². The summed E-state index contributed by atoms with van der Waals surface area (Å²) in [5.41, 5.74) is 6.47. The standard InChI is InChI=1S/C13H17N3O4/c14-10-5-3-9(4-6-10)13(20)16-8-11(17)15-7-1-2-12(18)19/h3-6H,1-2,7-8,14H2,(H,15,17)(H,16,20)(H,18,19). The molecule has 5 N–H and O–H groups in total. The van der Waals surface area contributed by atoms with Crippen LogP contribution in [0.5, 0.6) is 0 Å². The normalized spacial score (nSPS) is 9.80. The lowest BCUT2D eigenvalue weighted by Gasteiger charge is -2.06. The molecule has 0 unspecified atom stereocenters. The number of anilines is 1. The number of nitrogens with one attached hydrogen (secondary N) is 2. The molecule has 108 valence electrons. The highest BCUT2D eigenvalue weighted by Gasteiger charge is 2.07. The average Bonchev–Trinajstić information content (AvgIpc) is 2.41. The van der Waals surface area contributed by atoms with Gasteiger partial charge < -0.3 is 21.5 Å². The molecule has 7 nitrogen and oxygen atoms in total. The molecule has 0 aromatic heterocycles. The average molecular weight is 279 g/mol. The van der Waals surface area contributed by atoms with Gasteiger partial charge in [-0.2, -0.15) is 0 Å². The first kappa shape index (κ1) is 15.5. The molecule has 0 aliphatic carbocycles. The third-order valence-corrected chi connectivity index (χ3v) is 2.47. The Morgan fingerprint density at radius 3 is 2.35 bits per heavy atom. The minimum atomic E-state index is -0.907. The highest BCUT2D eigenvalue weighted by molar-refractivity contribution is 5.96. The minimum Gasteiger partial charge on any atom is -0.481 e. The number of carboxylic acids is 1. The molecule has 0 radical (unpaired) electrons. The van der Waals surface area contributed by atoms with Crippen LogP contribution >= 0.6 is 0 Å². The fourth-order valence-corrected chi connectivity index (χ4v) is 1.43. The predicted molar refractivity (Wildman–Crippen MR) is 73.1 cm³/mol. The van der Waals surface area contributed by atoms with Gasteiger partial charge >= 0.3 is 5.97 Å². The van der Waals surface area contributed by atoms with E-state index in [9.17, 15) is 14.4 Å². The van der Waals surface area contributed by atoms with Crippen molar-refractivity contribution < 1.29 is 19.5 Å². The molecule has 0 spiro atoms. The van der Waals surface area contributed by atoms with Crippen LogP contribution in [0.25, 0.3) is 0 Å². The molecular formula is C13H17N3O4. The second kappa shape index (κ2) is 7.78. The summed E-state index contributed by atoms with van der Waals surface area (Å²) in [7, 11) is 0. The fourth-order valence-electron chi connectivity index (χ4n) is 1.43. The Morgan fingerprint density at radius 1 is 1.10 bits per heavy atom. The molecule has 1 aromatic rings. The van der Waals surface area contributed by atoms with E-state index in [4.69, 9.17) is 10.8 Å². The van der Waals surface area contributed by atoms with Gasteiger partial charge in [0.05, 0.1) is 6.54 Å². The molecule has 1 aromatic carbocycles. The Labute approximate surface area is 116 Å². The van der Waals surface area contributed by atoms with Crippen LogP contribution in [-0.2, 0) is 9.59 Å². The highest BCUT2D eigenvalue weighted by Crippen LogP contribution is 2.04. The van der Waals surface area contributed by atoms with E-state index in [1.54, 1.807) is 24.3 Å². The number of aliphatic carboxylic acids is 1. The van der Waals surface area contributed by atoms with Crippen LogP contribution in [0.4, 0.5) is 5.69 Å². The zero-order valence-electron chi connectivity index (χ0n) is 10.9. The van der Waals surface area contributed by atoms with Crippen LogP contribution in [-0.4, -0.2) is 36.0 Å². The molecule has 7 heteroatoms. The number of nitrogens with two attached hydrogens (primary N) is 1. The van der Waals surface area contributed by atoms with Crippen LogP contribution in [0.1, 0.15) is 23.2 Å². The topological polar surface area (TPSA) is 122 Å². The largest absolute Gasteiger partial charge is 0.481 e. The highest BCUT2D eigenvalue weighted by atomic mass is 16.4. The van der Waals surface area contributed by atoms with E-state index in [1.165, 1.54) is 0 Å². The van der Waals surface area contributed by atoms with E-state index in [0.717, 1.165) is 0 Å². The molecular weight excluding hydrogens is 262 g/mol. The second-order valence-electron chi connectivity index (χ2n) is 4.15. The lowest BCUT2D eigenvalue weighted by atomic mass is 10.2. The van der Waals surface area contributed by atoms with Crippen LogP contribution in [0.3, 0.4) is 0 Å². The van der Waals surface area contributed by atoms with Gasteiger partial charge in [-0.1, -0.05) is 0 Å². The van der Waals surface area contributed by atoms with Crippen molar-refractivity contribution in [2.45, 2.75) is 12.8 Å². The molecule has 2 amide bonds.